The maximum atomic E-state index is 13.1. The molecule has 1 rings (SSSR count). The van der Waals surface area contributed by atoms with Crippen LogP contribution in [0.1, 0.15) is 44.1 Å². The van der Waals surface area contributed by atoms with Gasteiger partial charge in [0.25, 0.3) is 0 Å². The van der Waals surface area contributed by atoms with Crippen molar-refractivity contribution in [2.75, 3.05) is 0 Å². The highest BCUT2D eigenvalue weighted by Gasteiger charge is 2.19. The van der Waals surface area contributed by atoms with Crippen molar-refractivity contribution >= 4 is 11.9 Å². The molecule has 1 atom stereocenters. The van der Waals surface area contributed by atoms with Crippen LogP contribution in [0.15, 0.2) is 36.9 Å². The number of carboxylic acid groups (broad SMARTS) is 1. The van der Waals surface area contributed by atoms with Gasteiger partial charge in [-0.15, -0.1) is 6.58 Å². The van der Waals surface area contributed by atoms with Crippen molar-refractivity contribution in [2.45, 2.75) is 51.0 Å². The van der Waals surface area contributed by atoms with Crippen LogP contribution < -0.4 is 5.32 Å². The van der Waals surface area contributed by atoms with Crippen LogP contribution in [0.4, 0.5) is 4.39 Å². The van der Waals surface area contributed by atoms with E-state index in [1.54, 1.807) is 6.07 Å². The first kappa shape index (κ1) is 18.9. The van der Waals surface area contributed by atoms with Gasteiger partial charge >= 0.3 is 5.97 Å². The van der Waals surface area contributed by atoms with E-state index in [9.17, 15) is 19.1 Å². The van der Waals surface area contributed by atoms with Gasteiger partial charge in [0.1, 0.15) is 11.9 Å². The molecule has 0 fully saturated rings. The van der Waals surface area contributed by atoms with E-state index in [1.807, 2.05) is 6.08 Å². The molecule has 23 heavy (non-hydrogen) atoms. The molecule has 126 valence electrons. The van der Waals surface area contributed by atoms with E-state index in [0.29, 0.717) is 12.0 Å². The Hall–Kier alpha value is -2.17. The van der Waals surface area contributed by atoms with Gasteiger partial charge in [-0.2, -0.15) is 0 Å². The zero-order chi connectivity index (χ0) is 17.1. The summed E-state index contributed by atoms with van der Waals surface area (Å²) in [5.41, 5.74) is 0.524. The largest absolute Gasteiger partial charge is 0.480 e. The highest BCUT2D eigenvalue weighted by Crippen LogP contribution is 2.09. The Bertz CT molecular complexity index is 531. The normalized spacial score (nSPS) is 11.7. The SMILES string of the molecule is C=CCCCCCC[C@H](NC(=O)Cc1cccc(F)c1)C(=O)O. The summed E-state index contributed by atoms with van der Waals surface area (Å²) in [4.78, 5) is 23.1. The zero-order valence-corrected chi connectivity index (χ0v) is 13.3. The highest BCUT2D eigenvalue weighted by atomic mass is 19.1. The van der Waals surface area contributed by atoms with E-state index in [-0.39, 0.29) is 6.42 Å². The van der Waals surface area contributed by atoms with Gasteiger partial charge < -0.3 is 10.4 Å². The Kier molecular flexibility index (Phi) is 8.65. The molecular weight excluding hydrogens is 297 g/mol. The third-order valence-corrected chi connectivity index (χ3v) is 3.54. The summed E-state index contributed by atoms with van der Waals surface area (Å²) in [7, 11) is 0. The van der Waals surface area contributed by atoms with Gasteiger partial charge in [0.15, 0.2) is 0 Å². The Morgan fingerprint density at radius 3 is 2.65 bits per heavy atom. The van der Waals surface area contributed by atoms with E-state index in [1.165, 1.54) is 18.2 Å². The number of rotatable bonds is 11. The van der Waals surface area contributed by atoms with Gasteiger partial charge in [-0.05, 0) is 37.0 Å². The monoisotopic (exact) mass is 321 g/mol. The first-order valence-corrected chi connectivity index (χ1v) is 7.90. The summed E-state index contributed by atoms with van der Waals surface area (Å²) in [5.74, 6) is -1.86. The van der Waals surface area contributed by atoms with Gasteiger partial charge in [0.05, 0.1) is 6.42 Å². The molecule has 0 aliphatic heterocycles. The molecule has 4 nitrogen and oxygen atoms in total. The molecular formula is C18H24FNO3. The number of hydrogen-bond acceptors (Lipinski definition) is 2. The van der Waals surface area contributed by atoms with Crippen LogP contribution >= 0.6 is 0 Å². The number of nitrogens with one attached hydrogen (secondary N) is 1. The van der Waals surface area contributed by atoms with Crippen molar-refractivity contribution in [3.63, 3.8) is 0 Å². The molecule has 0 aliphatic rings. The second-order valence-corrected chi connectivity index (χ2v) is 5.55. The molecule has 0 bridgehead atoms. The Balaban J connectivity index is 2.38. The highest BCUT2D eigenvalue weighted by molar-refractivity contribution is 5.84. The van der Waals surface area contributed by atoms with E-state index in [4.69, 9.17) is 0 Å². The number of halogens is 1. The maximum Gasteiger partial charge on any atom is 0.326 e. The maximum absolute atomic E-state index is 13.1. The first-order chi connectivity index (χ1) is 11.0. The van der Waals surface area contributed by atoms with Crippen molar-refractivity contribution < 1.29 is 19.1 Å². The number of carbonyl (C=O) groups is 2. The van der Waals surface area contributed by atoms with Crippen molar-refractivity contribution in [3.8, 4) is 0 Å². The molecule has 0 saturated heterocycles. The van der Waals surface area contributed by atoms with Crippen LogP contribution in [0, 0.1) is 5.82 Å². The minimum absolute atomic E-state index is 0.0269. The lowest BCUT2D eigenvalue weighted by Crippen LogP contribution is -2.41. The minimum Gasteiger partial charge on any atom is -0.480 e. The molecule has 2 N–H and O–H groups in total. The molecule has 0 radical (unpaired) electrons. The fraction of sp³-hybridized carbons (Fsp3) is 0.444. The molecule has 1 aromatic rings. The molecule has 0 heterocycles. The van der Waals surface area contributed by atoms with Crippen LogP contribution in [0.3, 0.4) is 0 Å². The number of allylic oxidation sites excluding steroid dienone is 1. The predicted octanol–water partition coefficient (Wildman–Crippen LogP) is 3.46. The first-order valence-electron chi connectivity index (χ1n) is 7.90. The molecule has 0 aliphatic carbocycles. The lowest BCUT2D eigenvalue weighted by Gasteiger charge is -2.14. The fourth-order valence-corrected chi connectivity index (χ4v) is 2.33. The second kappa shape index (κ2) is 10.5. The van der Waals surface area contributed by atoms with Crippen molar-refractivity contribution in [1.29, 1.82) is 0 Å². The van der Waals surface area contributed by atoms with E-state index < -0.39 is 23.7 Å². The standard InChI is InChI=1S/C18H24FNO3/c1-2-3-4-5-6-7-11-16(18(22)23)20-17(21)13-14-9-8-10-15(19)12-14/h2,8-10,12,16H,1,3-7,11,13H2,(H,20,21)(H,22,23)/t16-/m0/s1. The number of unbranched alkanes of at least 4 members (excludes halogenated alkanes) is 4. The van der Waals surface area contributed by atoms with Crippen LogP contribution in [0.2, 0.25) is 0 Å². The third-order valence-electron chi connectivity index (χ3n) is 3.54. The Morgan fingerprint density at radius 1 is 1.26 bits per heavy atom. The molecule has 0 aromatic heterocycles. The van der Waals surface area contributed by atoms with Crippen molar-refractivity contribution in [3.05, 3.63) is 48.3 Å². The average molecular weight is 321 g/mol. The number of amides is 1. The topological polar surface area (TPSA) is 66.4 Å². The third kappa shape index (κ3) is 8.14. The van der Waals surface area contributed by atoms with Crippen LogP contribution in [0.5, 0.6) is 0 Å². The summed E-state index contributed by atoms with van der Waals surface area (Å²) in [5, 5.41) is 11.7. The molecule has 0 spiro atoms. The molecule has 1 amide bonds. The van der Waals surface area contributed by atoms with Crippen molar-refractivity contribution in [2.24, 2.45) is 0 Å². The number of carboxylic acids is 1. The number of aliphatic carboxylic acids is 1. The van der Waals surface area contributed by atoms with Crippen LogP contribution in [-0.4, -0.2) is 23.0 Å². The summed E-state index contributed by atoms with van der Waals surface area (Å²) in [6, 6.07) is 4.84. The minimum atomic E-state index is -1.04. The predicted molar refractivity (Wildman–Crippen MR) is 87.6 cm³/mol. The number of hydrogen-bond donors (Lipinski definition) is 2. The summed E-state index contributed by atoms with van der Waals surface area (Å²) >= 11 is 0. The van der Waals surface area contributed by atoms with Crippen LogP contribution in [-0.2, 0) is 16.0 Å². The molecule has 0 saturated carbocycles. The van der Waals surface area contributed by atoms with Gasteiger partial charge in [0.2, 0.25) is 5.91 Å². The second-order valence-electron chi connectivity index (χ2n) is 5.55. The van der Waals surface area contributed by atoms with Gasteiger partial charge in [-0.25, -0.2) is 9.18 Å². The van der Waals surface area contributed by atoms with E-state index in [2.05, 4.69) is 11.9 Å². The van der Waals surface area contributed by atoms with Gasteiger partial charge in [-0.3, -0.25) is 4.79 Å². The Labute approximate surface area is 136 Å². The molecule has 5 heteroatoms. The number of benzene rings is 1. The van der Waals surface area contributed by atoms with Crippen LogP contribution in [0.25, 0.3) is 0 Å². The lowest BCUT2D eigenvalue weighted by molar-refractivity contribution is -0.142. The van der Waals surface area contributed by atoms with Gasteiger partial charge in [0, 0.05) is 0 Å². The van der Waals surface area contributed by atoms with Gasteiger partial charge in [-0.1, -0.05) is 37.5 Å². The smallest absolute Gasteiger partial charge is 0.326 e. The lowest BCUT2D eigenvalue weighted by atomic mass is 10.1. The molecule has 1 aromatic carbocycles. The number of carbonyl (C=O) groups excluding carboxylic acids is 1. The summed E-state index contributed by atoms with van der Waals surface area (Å²) in [6.07, 6.45) is 6.95. The Morgan fingerprint density at radius 2 is 2.00 bits per heavy atom. The summed E-state index contributed by atoms with van der Waals surface area (Å²) < 4.78 is 13.1. The average Bonchev–Trinajstić information content (AvgIpc) is 2.49. The quantitative estimate of drug-likeness (QED) is 0.484. The zero-order valence-electron chi connectivity index (χ0n) is 13.3. The fourth-order valence-electron chi connectivity index (χ4n) is 2.33. The van der Waals surface area contributed by atoms with E-state index >= 15 is 0 Å². The van der Waals surface area contributed by atoms with E-state index in [0.717, 1.165) is 32.1 Å². The summed E-state index contributed by atoms with van der Waals surface area (Å²) in [6.45, 7) is 3.65. The molecule has 0 unspecified atom stereocenters. The van der Waals surface area contributed by atoms with Crippen molar-refractivity contribution in [1.82, 2.24) is 5.32 Å².